The lowest BCUT2D eigenvalue weighted by Gasteiger charge is -2.18. The molecule has 27 heavy (non-hydrogen) atoms. The van der Waals surface area contributed by atoms with Crippen molar-refractivity contribution in [1.82, 2.24) is 15.5 Å². The minimum atomic E-state index is 0. The minimum absolute atomic E-state index is 0. The molecule has 2 rings (SSSR count). The van der Waals surface area contributed by atoms with Crippen LogP contribution in [0.4, 0.5) is 0 Å². The SMILES string of the molecule is CCNC(=NCc1ccccc1CN1CCCC1=O)NCCCCSC.I. The summed E-state index contributed by atoms with van der Waals surface area (Å²) >= 11 is 1.89. The van der Waals surface area contributed by atoms with Gasteiger partial charge in [0, 0.05) is 32.6 Å². The third-order valence-corrected chi connectivity index (χ3v) is 5.17. The van der Waals surface area contributed by atoms with E-state index in [1.807, 2.05) is 28.8 Å². The zero-order valence-electron chi connectivity index (χ0n) is 16.5. The number of likely N-dealkylation sites (tertiary alicyclic amines) is 1. The van der Waals surface area contributed by atoms with E-state index in [1.165, 1.54) is 23.3 Å². The van der Waals surface area contributed by atoms with Gasteiger partial charge in [-0.2, -0.15) is 11.8 Å². The largest absolute Gasteiger partial charge is 0.357 e. The van der Waals surface area contributed by atoms with Crippen LogP contribution in [0, 0.1) is 0 Å². The minimum Gasteiger partial charge on any atom is -0.357 e. The van der Waals surface area contributed by atoms with Crippen LogP contribution < -0.4 is 10.6 Å². The summed E-state index contributed by atoms with van der Waals surface area (Å²) in [6, 6.07) is 8.31. The number of nitrogens with zero attached hydrogens (tertiary/aromatic N) is 2. The fourth-order valence-corrected chi connectivity index (χ4v) is 3.52. The maximum Gasteiger partial charge on any atom is 0.222 e. The number of unbranched alkanes of at least 4 members (excludes halogenated alkanes) is 1. The predicted molar refractivity (Wildman–Crippen MR) is 127 cm³/mol. The molecule has 0 saturated carbocycles. The third kappa shape index (κ3) is 8.72. The van der Waals surface area contributed by atoms with Crippen LogP contribution in [0.15, 0.2) is 29.3 Å². The van der Waals surface area contributed by atoms with E-state index in [9.17, 15) is 4.79 Å². The van der Waals surface area contributed by atoms with Crippen molar-refractivity contribution in [1.29, 1.82) is 0 Å². The smallest absolute Gasteiger partial charge is 0.222 e. The molecule has 5 nitrogen and oxygen atoms in total. The van der Waals surface area contributed by atoms with Gasteiger partial charge in [-0.1, -0.05) is 24.3 Å². The van der Waals surface area contributed by atoms with Crippen molar-refractivity contribution in [3.8, 4) is 0 Å². The number of carbonyl (C=O) groups excluding carboxylic acids is 1. The summed E-state index contributed by atoms with van der Waals surface area (Å²) in [5, 5.41) is 6.73. The van der Waals surface area contributed by atoms with Crippen LogP contribution in [0.5, 0.6) is 0 Å². The molecule has 0 atom stereocenters. The fraction of sp³-hybridized carbons (Fsp3) is 0.600. The normalized spacial score (nSPS) is 14.2. The Hall–Kier alpha value is -0.960. The van der Waals surface area contributed by atoms with Gasteiger partial charge in [0.25, 0.3) is 0 Å². The van der Waals surface area contributed by atoms with E-state index in [2.05, 4.69) is 35.9 Å². The van der Waals surface area contributed by atoms with E-state index in [-0.39, 0.29) is 29.9 Å². The van der Waals surface area contributed by atoms with Crippen molar-refractivity contribution in [2.75, 3.05) is 31.6 Å². The number of thioether (sulfide) groups is 1. The van der Waals surface area contributed by atoms with E-state index >= 15 is 0 Å². The van der Waals surface area contributed by atoms with Crippen molar-refractivity contribution >= 4 is 47.6 Å². The Morgan fingerprint density at radius 3 is 2.67 bits per heavy atom. The Balaban J connectivity index is 0.00000364. The van der Waals surface area contributed by atoms with Gasteiger partial charge in [0.15, 0.2) is 5.96 Å². The molecule has 0 aromatic heterocycles. The molecular weight excluding hydrogens is 471 g/mol. The monoisotopic (exact) mass is 504 g/mol. The maximum absolute atomic E-state index is 11.9. The number of halogens is 1. The lowest BCUT2D eigenvalue weighted by molar-refractivity contribution is -0.128. The lowest BCUT2D eigenvalue weighted by atomic mass is 10.1. The van der Waals surface area contributed by atoms with E-state index in [0.717, 1.165) is 38.4 Å². The first-order valence-electron chi connectivity index (χ1n) is 9.60. The molecule has 1 aliphatic heterocycles. The first-order valence-corrected chi connectivity index (χ1v) is 11.0. The average molecular weight is 504 g/mol. The highest BCUT2D eigenvalue weighted by Crippen LogP contribution is 2.17. The van der Waals surface area contributed by atoms with E-state index in [1.54, 1.807) is 0 Å². The van der Waals surface area contributed by atoms with E-state index in [4.69, 9.17) is 4.99 Å². The van der Waals surface area contributed by atoms with Gasteiger partial charge in [-0.15, -0.1) is 24.0 Å². The molecule has 7 heteroatoms. The summed E-state index contributed by atoms with van der Waals surface area (Å²) < 4.78 is 0. The highest BCUT2D eigenvalue weighted by molar-refractivity contribution is 14.0. The topological polar surface area (TPSA) is 56.7 Å². The number of hydrogen-bond acceptors (Lipinski definition) is 3. The summed E-state index contributed by atoms with van der Waals surface area (Å²) in [7, 11) is 0. The molecule has 0 spiro atoms. The number of carbonyl (C=O) groups is 1. The number of hydrogen-bond donors (Lipinski definition) is 2. The molecule has 1 saturated heterocycles. The van der Waals surface area contributed by atoms with Crippen molar-refractivity contribution in [2.24, 2.45) is 4.99 Å². The maximum atomic E-state index is 11.9. The molecule has 0 aliphatic carbocycles. The van der Waals surface area contributed by atoms with Crippen LogP contribution in [-0.4, -0.2) is 48.4 Å². The second-order valence-corrected chi connectivity index (χ2v) is 7.50. The number of aliphatic imine (C=N–C) groups is 1. The fourth-order valence-electron chi connectivity index (χ4n) is 3.03. The van der Waals surface area contributed by atoms with Gasteiger partial charge in [0.2, 0.25) is 5.91 Å². The second kappa shape index (κ2) is 14.1. The van der Waals surface area contributed by atoms with Crippen LogP contribution >= 0.6 is 35.7 Å². The van der Waals surface area contributed by atoms with Crippen LogP contribution in [0.25, 0.3) is 0 Å². The van der Waals surface area contributed by atoms with Gasteiger partial charge in [-0.3, -0.25) is 4.79 Å². The highest BCUT2D eigenvalue weighted by Gasteiger charge is 2.20. The van der Waals surface area contributed by atoms with E-state index in [0.29, 0.717) is 19.5 Å². The molecule has 0 radical (unpaired) electrons. The summed E-state index contributed by atoms with van der Waals surface area (Å²) in [4.78, 5) is 18.6. The number of guanidine groups is 1. The quantitative estimate of drug-likeness (QED) is 0.221. The van der Waals surface area contributed by atoms with Gasteiger partial charge in [0.05, 0.1) is 6.54 Å². The second-order valence-electron chi connectivity index (χ2n) is 6.51. The van der Waals surface area contributed by atoms with Crippen molar-refractivity contribution < 1.29 is 4.79 Å². The zero-order chi connectivity index (χ0) is 18.6. The number of benzene rings is 1. The Bertz CT molecular complexity index is 597. The van der Waals surface area contributed by atoms with Gasteiger partial charge >= 0.3 is 0 Å². The van der Waals surface area contributed by atoms with Gasteiger partial charge in [-0.25, -0.2) is 4.99 Å². The van der Waals surface area contributed by atoms with Crippen molar-refractivity contribution in [3.05, 3.63) is 35.4 Å². The molecule has 0 bridgehead atoms. The molecule has 1 aromatic carbocycles. The Labute approximate surface area is 185 Å². The Morgan fingerprint density at radius 2 is 2.00 bits per heavy atom. The zero-order valence-corrected chi connectivity index (χ0v) is 19.6. The molecule has 2 N–H and O–H groups in total. The van der Waals surface area contributed by atoms with Crippen molar-refractivity contribution in [2.45, 2.75) is 45.7 Å². The molecule has 1 aliphatic rings. The molecule has 1 heterocycles. The molecule has 1 aromatic rings. The van der Waals surface area contributed by atoms with Crippen LogP contribution in [0.3, 0.4) is 0 Å². The Kier molecular flexibility index (Phi) is 12.6. The van der Waals surface area contributed by atoms with Crippen LogP contribution in [0.1, 0.15) is 43.7 Å². The van der Waals surface area contributed by atoms with Crippen molar-refractivity contribution in [3.63, 3.8) is 0 Å². The standard InChI is InChI=1S/C20H32N4OS.HI/c1-3-21-20(22-12-6-7-14-26-2)23-15-17-9-4-5-10-18(17)16-24-13-8-11-19(24)25;/h4-5,9-10H,3,6-8,11-16H2,1-2H3,(H2,21,22,23);1H. The van der Waals surface area contributed by atoms with Gasteiger partial charge < -0.3 is 15.5 Å². The first kappa shape index (κ1) is 24.1. The summed E-state index contributed by atoms with van der Waals surface area (Å²) in [5.74, 6) is 2.34. The molecule has 152 valence electrons. The van der Waals surface area contributed by atoms with Crippen LogP contribution in [0.2, 0.25) is 0 Å². The summed E-state index contributed by atoms with van der Waals surface area (Å²) in [5.41, 5.74) is 2.38. The molecular formula is C20H33IN4OS. The molecule has 1 fully saturated rings. The van der Waals surface area contributed by atoms with Gasteiger partial charge in [0.1, 0.15) is 0 Å². The average Bonchev–Trinajstić information content (AvgIpc) is 3.05. The molecule has 0 unspecified atom stereocenters. The number of rotatable bonds is 10. The number of amides is 1. The Morgan fingerprint density at radius 1 is 1.22 bits per heavy atom. The predicted octanol–water partition coefficient (Wildman–Crippen LogP) is 3.63. The summed E-state index contributed by atoms with van der Waals surface area (Å²) in [6.45, 7) is 6.06. The van der Waals surface area contributed by atoms with Gasteiger partial charge in [-0.05, 0) is 49.3 Å². The van der Waals surface area contributed by atoms with Crippen LogP contribution in [-0.2, 0) is 17.9 Å². The highest BCUT2D eigenvalue weighted by atomic mass is 127. The number of nitrogens with one attached hydrogen (secondary N) is 2. The summed E-state index contributed by atoms with van der Waals surface area (Å²) in [6.07, 6.45) is 6.18. The first-order chi connectivity index (χ1) is 12.7. The molecule has 1 amide bonds. The lowest BCUT2D eigenvalue weighted by Crippen LogP contribution is -2.37. The van der Waals surface area contributed by atoms with E-state index < -0.39 is 0 Å². The third-order valence-electron chi connectivity index (χ3n) is 4.47.